The van der Waals surface area contributed by atoms with Crippen molar-refractivity contribution < 1.29 is 0 Å². The first-order valence-electron chi connectivity index (χ1n) is 4.92. The molecule has 0 spiro atoms. The minimum absolute atomic E-state index is 0.729. The summed E-state index contributed by atoms with van der Waals surface area (Å²) in [6.07, 6.45) is 7.86. The van der Waals surface area contributed by atoms with Crippen LogP contribution in [0.4, 0.5) is 0 Å². The van der Waals surface area contributed by atoms with Crippen LogP contribution >= 0.6 is 11.8 Å². The van der Waals surface area contributed by atoms with Gasteiger partial charge in [0.25, 0.3) is 0 Å². The van der Waals surface area contributed by atoms with E-state index < -0.39 is 0 Å². The number of thioether (sulfide) groups is 1. The number of hydrogen-bond donors (Lipinski definition) is 0. The molecular formula is C12H14S. The van der Waals surface area contributed by atoms with Gasteiger partial charge in [-0.25, -0.2) is 0 Å². The first kappa shape index (κ1) is 9.14. The maximum absolute atomic E-state index is 3.26. The van der Waals surface area contributed by atoms with Gasteiger partial charge in [-0.05, 0) is 31.4 Å². The van der Waals surface area contributed by atoms with Gasteiger partial charge >= 0.3 is 0 Å². The summed E-state index contributed by atoms with van der Waals surface area (Å²) in [5.41, 5.74) is 0. The van der Waals surface area contributed by atoms with Gasteiger partial charge in [0.1, 0.15) is 0 Å². The Kier molecular flexibility index (Phi) is 3.31. The zero-order valence-electron chi connectivity index (χ0n) is 7.70. The third-order valence-corrected chi connectivity index (χ3v) is 3.57. The Morgan fingerprint density at radius 1 is 1.31 bits per heavy atom. The summed E-state index contributed by atoms with van der Waals surface area (Å²) in [6.45, 7) is 0. The molecule has 0 nitrogen and oxygen atoms in total. The lowest BCUT2D eigenvalue weighted by molar-refractivity contribution is 0.603. The first-order chi connectivity index (χ1) is 6.45. The fourth-order valence-corrected chi connectivity index (χ4v) is 2.77. The Labute approximate surface area is 84.7 Å². The maximum Gasteiger partial charge on any atom is 0.0154 e. The zero-order chi connectivity index (χ0) is 8.93. The topological polar surface area (TPSA) is 0 Å². The second kappa shape index (κ2) is 4.71. The zero-order valence-corrected chi connectivity index (χ0v) is 8.52. The molecule has 1 saturated carbocycles. The van der Waals surface area contributed by atoms with Gasteiger partial charge in [-0.15, -0.1) is 11.8 Å². The minimum atomic E-state index is 0.729. The van der Waals surface area contributed by atoms with E-state index in [4.69, 9.17) is 0 Å². The molecule has 2 rings (SSSR count). The van der Waals surface area contributed by atoms with Gasteiger partial charge in [-0.2, -0.15) is 0 Å². The summed E-state index contributed by atoms with van der Waals surface area (Å²) >= 11 is 1.95. The molecule has 1 aliphatic rings. The van der Waals surface area contributed by atoms with Crippen LogP contribution in [0.2, 0.25) is 0 Å². The Morgan fingerprint density at radius 2 is 2.31 bits per heavy atom. The summed E-state index contributed by atoms with van der Waals surface area (Å²) in [4.78, 5) is 1.28. The highest BCUT2D eigenvalue weighted by molar-refractivity contribution is 8.00. The van der Waals surface area contributed by atoms with E-state index in [1.165, 1.54) is 30.6 Å². The molecule has 1 fully saturated rings. The lowest BCUT2D eigenvalue weighted by atomic mass is 10.0. The van der Waals surface area contributed by atoms with Crippen LogP contribution in [0, 0.1) is 12.5 Å². The van der Waals surface area contributed by atoms with E-state index in [0.29, 0.717) is 0 Å². The fraction of sp³-hybridized carbons (Fsp3) is 0.417. The second-order valence-corrected chi connectivity index (χ2v) is 4.68. The average molecular weight is 190 g/mol. The van der Waals surface area contributed by atoms with Crippen LogP contribution in [0.25, 0.3) is 0 Å². The van der Waals surface area contributed by atoms with Gasteiger partial charge in [0.05, 0.1) is 0 Å². The number of hydrogen-bond acceptors (Lipinski definition) is 1. The van der Waals surface area contributed by atoms with E-state index in [0.717, 1.165) is 5.25 Å². The van der Waals surface area contributed by atoms with Crippen molar-refractivity contribution in [1.29, 1.82) is 0 Å². The molecule has 0 amide bonds. The minimum Gasteiger partial charge on any atom is -0.122 e. The van der Waals surface area contributed by atoms with Crippen molar-refractivity contribution >= 4 is 11.8 Å². The van der Waals surface area contributed by atoms with Gasteiger partial charge < -0.3 is 0 Å². The van der Waals surface area contributed by atoms with E-state index >= 15 is 0 Å². The lowest BCUT2D eigenvalue weighted by Gasteiger charge is -2.20. The molecule has 1 aromatic carbocycles. The predicted molar refractivity (Wildman–Crippen MR) is 57.7 cm³/mol. The lowest BCUT2D eigenvalue weighted by Crippen LogP contribution is -2.08. The smallest absolute Gasteiger partial charge is 0.0154 e. The summed E-state index contributed by atoms with van der Waals surface area (Å²) in [5.74, 6) is 0. The fourth-order valence-electron chi connectivity index (χ4n) is 1.63. The van der Waals surface area contributed by atoms with Crippen molar-refractivity contribution in [3.05, 3.63) is 36.8 Å². The largest absolute Gasteiger partial charge is 0.122 e. The Bertz CT molecular complexity index is 237. The van der Waals surface area contributed by atoms with E-state index in [9.17, 15) is 0 Å². The molecule has 1 unspecified atom stereocenters. The molecule has 0 aliphatic heterocycles. The van der Waals surface area contributed by atoms with Crippen molar-refractivity contribution in [3.8, 4) is 0 Å². The number of benzene rings is 1. The van der Waals surface area contributed by atoms with Crippen LogP contribution in [0.3, 0.4) is 0 Å². The van der Waals surface area contributed by atoms with Gasteiger partial charge in [-0.3, -0.25) is 0 Å². The highest BCUT2D eigenvalue weighted by atomic mass is 32.2. The molecule has 1 heteroatoms. The van der Waals surface area contributed by atoms with Gasteiger partial charge in [-0.1, -0.05) is 31.0 Å². The maximum atomic E-state index is 3.26. The molecule has 0 heterocycles. The highest BCUT2D eigenvalue weighted by Crippen LogP contribution is 2.32. The normalized spacial score (nSPS) is 18.8. The molecule has 0 saturated heterocycles. The van der Waals surface area contributed by atoms with E-state index in [1.807, 2.05) is 23.9 Å². The van der Waals surface area contributed by atoms with Crippen LogP contribution in [-0.4, -0.2) is 5.25 Å². The van der Waals surface area contributed by atoms with Crippen LogP contribution in [0.15, 0.2) is 29.2 Å². The Morgan fingerprint density at radius 3 is 3.00 bits per heavy atom. The van der Waals surface area contributed by atoms with Crippen molar-refractivity contribution in [2.45, 2.75) is 35.8 Å². The van der Waals surface area contributed by atoms with Gasteiger partial charge in [0.15, 0.2) is 0 Å². The third-order valence-electron chi connectivity index (χ3n) is 2.33. The van der Waals surface area contributed by atoms with Crippen molar-refractivity contribution in [1.82, 2.24) is 0 Å². The first-order valence-corrected chi connectivity index (χ1v) is 5.80. The Balaban J connectivity index is 1.90. The van der Waals surface area contributed by atoms with E-state index in [2.05, 4.69) is 24.6 Å². The molecule has 1 atom stereocenters. The monoisotopic (exact) mass is 190 g/mol. The van der Waals surface area contributed by atoms with Crippen LogP contribution < -0.4 is 0 Å². The standard InChI is InChI=1S/C12H14S/c1-3-7-11(8-4-1)13-12-9-5-2-6-10-12/h1,3-4,7,9,12H,2,5-6,10H2. The molecular weight excluding hydrogens is 176 g/mol. The third kappa shape index (κ3) is 2.77. The average Bonchev–Trinajstić information content (AvgIpc) is 2.21. The highest BCUT2D eigenvalue weighted by Gasteiger charge is 2.14. The Hall–Kier alpha value is -0.430. The molecule has 13 heavy (non-hydrogen) atoms. The summed E-state index contributed by atoms with van der Waals surface area (Å²) in [6, 6.07) is 11.5. The number of rotatable bonds is 2. The van der Waals surface area contributed by atoms with Crippen molar-refractivity contribution in [3.63, 3.8) is 0 Å². The molecule has 0 N–H and O–H groups in total. The SMILES string of the molecule is [c]1ccccc1SC1[CH]CCCC1. The summed E-state index contributed by atoms with van der Waals surface area (Å²) in [5, 5.41) is 0.729. The van der Waals surface area contributed by atoms with Crippen LogP contribution in [-0.2, 0) is 0 Å². The predicted octanol–water partition coefficient (Wildman–Crippen LogP) is 3.73. The molecule has 68 valence electrons. The molecule has 0 bridgehead atoms. The molecule has 1 aliphatic carbocycles. The molecule has 0 aromatic heterocycles. The molecule has 2 radical (unpaired) electrons. The van der Waals surface area contributed by atoms with Crippen LogP contribution in [0.1, 0.15) is 25.7 Å². The van der Waals surface area contributed by atoms with E-state index in [-0.39, 0.29) is 0 Å². The quantitative estimate of drug-likeness (QED) is 0.685. The van der Waals surface area contributed by atoms with Crippen molar-refractivity contribution in [2.24, 2.45) is 0 Å². The molecule has 1 aromatic rings. The van der Waals surface area contributed by atoms with Crippen LogP contribution in [0.5, 0.6) is 0 Å². The summed E-state index contributed by atoms with van der Waals surface area (Å²) < 4.78 is 0. The van der Waals surface area contributed by atoms with Gasteiger partial charge in [0, 0.05) is 10.1 Å². The van der Waals surface area contributed by atoms with Gasteiger partial charge in [0.2, 0.25) is 0 Å². The van der Waals surface area contributed by atoms with Crippen molar-refractivity contribution in [2.75, 3.05) is 0 Å². The summed E-state index contributed by atoms with van der Waals surface area (Å²) in [7, 11) is 0. The second-order valence-electron chi connectivity index (χ2n) is 3.40. The van der Waals surface area contributed by atoms with E-state index in [1.54, 1.807) is 0 Å².